The summed E-state index contributed by atoms with van der Waals surface area (Å²) in [7, 11) is 0. The van der Waals surface area contributed by atoms with Crippen molar-refractivity contribution in [2.75, 3.05) is 13.2 Å². The van der Waals surface area contributed by atoms with Crippen LogP contribution in [0, 0.1) is 5.92 Å². The Morgan fingerprint density at radius 2 is 0.532 bits per heavy atom. The smallest absolute Gasteiger partial charge is 0.306 e. The summed E-state index contributed by atoms with van der Waals surface area (Å²) >= 11 is 0. The van der Waals surface area contributed by atoms with Crippen LogP contribution < -0.4 is 0 Å². The summed E-state index contributed by atoms with van der Waals surface area (Å²) < 4.78 is 16.8. The third-order valence-corrected chi connectivity index (χ3v) is 12.8. The molecule has 0 amide bonds. The lowest BCUT2D eigenvalue weighted by atomic mass is 10.0. The summed E-state index contributed by atoms with van der Waals surface area (Å²) in [5.74, 6) is 0.00293. The van der Waals surface area contributed by atoms with Gasteiger partial charge < -0.3 is 14.2 Å². The van der Waals surface area contributed by atoms with Gasteiger partial charge in [-0.3, -0.25) is 14.4 Å². The lowest BCUT2D eigenvalue weighted by Gasteiger charge is -2.18. The zero-order chi connectivity index (χ0) is 45.2. The molecule has 0 N–H and O–H groups in total. The van der Waals surface area contributed by atoms with Crippen LogP contribution >= 0.6 is 0 Å². The molecule has 0 aliphatic carbocycles. The number of unbranched alkanes of at least 4 members (excludes halogenated alkanes) is 38. The van der Waals surface area contributed by atoms with Gasteiger partial charge in [0.05, 0.1) is 0 Å². The average molecular weight is 877 g/mol. The van der Waals surface area contributed by atoms with Gasteiger partial charge in [0.15, 0.2) is 6.10 Å². The monoisotopic (exact) mass is 877 g/mol. The molecule has 368 valence electrons. The van der Waals surface area contributed by atoms with Gasteiger partial charge in [-0.25, -0.2) is 0 Å². The second-order valence-corrected chi connectivity index (χ2v) is 19.7. The number of hydrogen-bond acceptors (Lipinski definition) is 6. The Labute approximate surface area is 387 Å². The molecule has 0 aromatic heterocycles. The lowest BCUT2D eigenvalue weighted by Crippen LogP contribution is -2.30. The summed E-state index contributed by atoms with van der Waals surface area (Å²) in [6.45, 7) is 9.04. The zero-order valence-electron chi connectivity index (χ0n) is 42.3. The molecule has 0 aromatic carbocycles. The minimum Gasteiger partial charge on any atom is -0.462 e. The fourth-order valence-corrected chi connectivity index (χ4v) is 8.57. The summed E-state index contributed by atoms with van der Waals surface area (Å²) in [5, 5.41) is 0. The SMILES string of the molecule is CCCCCCCCCCCCCCCCCCCCC(=O)OC[C@H](COC(=O)CCCCCCCCCCCCCCCCC(C)C)OC(=O)CCCCCCCCCCC. The number of carbonyl (C=O) groups excluding carboxylic acids is 3. The molecule has 0 saturated heterocycles. The van der Waals surface area contributed by atoms with Gasteiger partial charge in [-0.2, -0.15) is 0 Å². The number of ether oxygens (including phenoxy) is 3. The first-order chi connectivity index (χ1) is 30.4. The summed E-state index contributed by atoms with van der Waals surface area (Å²) in [6, 6.07) is 0. The van der Waals surface area contributed by atoms with Crippen molar-refractivity contribution in [3.8, 4) is 0 Å². The molecule has 0 aromatic rings. The van der Waals surface area contributed by atoms with Gasteiger partial charge in [0, 0.05) is 19.3 Å². The third-order valence-electron chi connectivity index (χ3n) is 12.8. The van der Waals surface area contributed by atoms with E-state index in [0.29, 0.717) is 19.3 Å². The van der Waals surface area contributed by atoms with Gasteiger partial charge >= 0.3 is 17.9 Å². The van der Waals surface area contributed by atoms with E-state index < -0.39 is 6.10 Å². The van der Waals surface area contributed by atoms with Crippen LogP contribution in [0.1, 0.15) is 317 Å². The van der Waals surface area contributed by atoms with Crippen LogP contribution in [0.3, 0.4) is 0 Å². The minimum absolute atomic E-state index is 0.0624. The van der Waals surface area contributed by atoms with Gasteiger partial charge in [-0.15, -0.1) is 0 Å². The first-order valence-electron chi connectivity index (χ1n) is 27.9. The Morgan fingerprint density at radius 3 is 0.790 bits per heavy atom. The fourth-order valence-electron chi connectivity index (χ4n) is 8.57. The number of hydrogen-bond donors (Lipinski definition) is 0. The van der Waals surface area contributed by atoms with Crippen molar-refractivity contribution in [2.24, 2.45) is 5.92 Å². The maximum absolute atomic E-state index is 12.7. The number of rotatable bonds is 51. The van der Waals surface area contributed by atoms with Crippen molar-refractivity contribution in [3.05, 3.63) is 0 Å². The Hall–Kier alpha value is -1.59. The van der Waals surface area contributed by atoms with Gasteiger partial charge in [0.25, 0.3) is 0 Å². The van der Waals surface area contributed by atoms with E-state index in [4.69, 9.17) is 14.2 Å². The zero-order valence-corrected chi connectivity index (χ0v) is 42.3. The molecule has 0 aliphatic rings. The van der Waals surface area contributed by atoms with E-state index in [1.54, 1.807) is 0 Å². The van der Waals surface area contributed by atoms with Crippen LogP contribution in [0.4, 0.5) is 0 Å². The Morgan fingerprint density at radius 1 is 0.306 bits per heavy atom. The van der Waals surface area contributed by atoms with E-state index >= 15 is 0 Å². The van der Waals surface area contributed by atoms with E-state index in [1.807, 2.05) is 0 Å². The fraction of sp³-hybridized carbons (Fsp3) is 0.946. The molecule has 6 nitrogen and oxygen atoms in total. The Bertz CT molecular complexity index is 933. The number of carbonyl (C=O) groups is 3. The van der Waals surface area contributed by atoms with Crippen molar-refractivity contribution >= 4 is 17.9 Å². The highest BCUT2D eigenvalue weighted by atomic mass is 16.6. The van der Waals surface area contributed by atoms with Crippen molar-refractivity contribution in [2.45, 2.75) is 323 Å². The predicted octanol–water partition coefficient (Wildman–Crippen LogP) is 18.2. The first-order valence-corrected chi connectivity index (χ1v) is 27.9. The minimum atomic E-state index is -0.760. The molecular weight excluding hydrogens is 769 g/mol. The van der Waals surface area contributed by atoms with Gasteiger partial charge in [-0.1, -0.05) is 278 Å². The van der Waals surface area contributed by atoms with Crippen LogP contribution in [-0.4, -0.2) is 37.2 Å². The summed E-state index contributed by atoms with van der Waals surface area (Å²) in [6.07, 6.45) is 53.8. The van der Waals surface area contributed by atoms with Crippen molar-refractivity contribution < 1.29 is 28.6 Å². The molecule has 0 heterocycles. The third kappa shape index (κ3) is 49.4. The second-order valence-electron chi connectivity index (χ2n) is 19.7. The van der Waals surface area contributed by atoms with Crippen LogP contribution in [0.2, 0.25) is 0 Å². The lowest BCUT2D eigenvalue weighted by molar-refractivity contribution is -0.167. The summed E-state index contributed by atoms with van der Waals surface area (Å²) in [5.41, 5.74) is 0. The van der Waals surface area contributed by atoms with Gasteiger partial charge in [0.2, 0.25) is 0 Å². The van der Waals surface area contributed by atoms with Gasteiger partial charge in [-0.05, 0) is 25.2 Å². The van der Waals surface area contributed by atoms with E-state index in [9.17, 15) is 14.4 Å². The maximum Gasteiger partial charge on any atom is 0.306 e. The molecule has 0 spiro atoms. The first kappa shape index (κ1) is 60.4. The Kier molecular flexibility index (Phi) is 49.1. The normalized spacial score (nSPS) is 12.0. The van der Waals surface area contributed by atoms with Crippen molar-refractivity contribution in [3.63, 3.8) is 0 Å². The molecule has 0 radical (unpaired) electrons. The van der Waals surface area contributed by atoms with E-state index in [2.05, 4.69) is 27.7 Å². The molecule has 62 heavy (non-hydrogen) atoms. The molecule has 0 bridgehead atoms. The predicted molar refractivity (Wildman–Crippen MR) is 266 cm³/mol. The molecule has 6 heteroatoms. The molecule has 1 atom stereocenters. The van der Waals surface area contributed by atoms with Crippen LogP contribution in [-0.2, 0) is 28.6 Å². The second kappa shape index (κ2) is 50.4. The molecule has 0 unspecified atom stereocenters. The molecule has 0 rings (SSSR count). The van der Waals surface area contributed by atoms with Crippen molar-refractivity contribution in [1.82, 2.24) is 0 Å². The topological polar surface area (TPSA) is 78.9 Å². The van der Waals surface area contributed by atoms with E-state index in [0.717, 1.165) is 63.7 Å². The highest BCUT2D eigenvalue weighted by Crippen LogP contribution is 2.18. The van der Waals surface area contributed by atoms with Crippen LogP contribution in [0.5, 0.6) is 0 Å². The highest BCUT2D eigenvalue weighted by Gasteiger charge is 2.19. The highest BCUT2D eigenvalue weighted by molar-refractivity contribution is 5.71. The standard InChI is InChI=1S/C56H108O6/c1-5-7-9-11-13-15-16-17-18-19-20-21-25-28-32-35-39-43-47-54(57)60-50-53(62-56(59)49-45-41-37-30-14-12-10-8-6-2)51-61-55(58)48-44-40-36-33-29-26-23-22-24-27-31-34-38-42-46-52(3)4/h52-53H,5-51H2,1-4H3/t53-/m1/s1. The largest absolute Gasteiger partial charge is 0.462 e. The van der Waals surface area contributed by atoms with Gasteiger partial charge in [0.1, 0.15) is 13.2 Å². The quantitative estimate of drug-likeness (QED) is 0.0344. The molecule has 0 fully saturated rings. The van der Waals surface area contributed by atoms with E-state index in [1.165, 1.54) is 212 Å². The maximum atomic E-state index is 12.7. The molecule has 0 aliphatic heterocycles. The Balaban J connectivity index is 4.19. The summed E-state index contributed by atoms with van der Waals surface area (Å²) in [4.78, 5) is 38.0. The van der Waals surface area contributed by atoms with E-state index in [-0.39, 0.29) is 31.1 Å². The van der Waals surface area contributed by atoms with Crippen LogP contribution in [0.15, 0.2) is 0 Å². The van der Waals surface area contributed by atoms with Crippen LogP contribution in [0.25, 0.3) is 0 Å². The molecular formula is C56H108O6. The average Bonchev–Trinajstić information content (AvgIpc) is 3.26. The van der Waals surface area contributed by atoms with Crippen molar-refractivity contribution in [1.29, 1.82) is 0 Å². The molecule has 0 saturated carbocycles. The number of esters is 3.